The van der Waals surface area contributed by atoms with E-state index in [4.69, 9.17) is 0 Å². The van der Waals surface area contributed by atoms with Gasteiger partial charge in [-0.25, -0.2) is 0 Å². The Kier molecular flexibility index (Phi) is 2.92. The highest BCUT2D eigenvalue weighted by Crippen LogP contribution is 2.34. The molecule has 1 aromatic carbocycles. The smallest absolute Gasteiger partial charge is 0.0553 e. The van der Waals surface area contributed by atoms with Crippen LogP contribution in [0.1, 0.15) is 22.9 Å². The zero-order chi connectivity index (χ0) is 12.5. The standard InChI is InChI=1S/C15H19N3/c1-16-15(14-7-8-17-18(14)2)13-9-11-5-3-4-6-12(11)10-13/h3-8,13,15-16H,9-10H2,1-2H3. The topological polar surface area (TPSA) is 29.9 Å². The first-order valence-corrected chi connectivity index (χ1v) is 6.51. The van der Waals surface area contributed by atoms with Crippen LogP contribution in [0.3, 0.4) is 0 Å². The van der Waals surface area contributed by atoms with Crippen molar-refractivity contribution in [2.24, 2.45) is 13.0 Å². The lowest BCUT2D eigenvalue weighted by Crippen LogP contribution is -2.27. The van der Waals surface area contributed by atoms with Gasteiger partial charge in [-0.05, 0) is 43.0 Å². The molecule has 0 bridgehead atoms. The molecule has 3 nitrogen and oxygen atoms in total. The van der Waals surface area contributed by atoms with Crippen LogP contribution < -0.4 is 5.32 Å². The number of rotatable bonds is 3. The third kappa shape index (κ3) is 1.85. The summed E-state index contributed by atoms with van der Waals surface area (Å²) >= 11 is 0. The van der Waals surface area contributed by atoms with Crippen molar-refractivity contribution in [1.82, 2.24) is 15.1 Å². The zero-order valence-corrected chi connectivity index (χ0v) is 10.9. The highest BCUT2D eigenvalue weighted by molar-refractivity contribution is 5.33. The molecule has 0 saturated heterocycles. The molecule has 1 N–H and O–H groups in total. The predicted octanol–water partition coefficient (Wildman–Crippen LogP) is 2.10. The van der Waals surface area contributed by atoms with Gasteiger partial charge < -0.3 is 5.32 Å². The van der Waals surface area contributed by atoms with Gasteiger partial charge in [0.25, 0.3) is 0 Å². The molecule has 0 spiro atoms. The molecule has 3 heteroatoms. The van der Waals surface area contributed by atoms with Crippen LogP contribution in [0.5, 0.6) is 0 Å². The van der Waals surface area contributed by atoms with Gasteiger partial charge in [0.1, 0.15) is 0 Å². The molecular weight excluding hydrogens is 222 g/mol. The van der Waals surface area contributed by atoms with E-state index < -0.39 is 0 Å². The monoisotopic (exact) mass is 241 g/mol. The first-order chi connectivity index (χ1) is 8.79. The average molecular weight is 241 g/mol. The second-order valence-electron chi connectivity index (χ2n) is 5.08. The highest BCUT2D eigenvalue weighted by atomic mass is 15.3. The molecule has 1 heterocycles. The number of hydrogen-bond donors (Lipinski definition) is 1. The summed E-state index contributed by atoms with van der Waals surface area (Å²) in [7, 11) is 4.06. The lowest BCUT2D eigenvalue weighted by atomic mass is 9.94. The minimum atomic E-state index is 0.380. The maximum absolute atomic E-state index is 4.28. The van der Waals surface area contributed by atoms with E-state index in [1.165, 1.54) is 16.8 Å². The van der Waals surface area contributed by atoms with Crippen molar-refractivity contribution in [2.45, 2.75) is 18.9 Å². The largest absolute Gasteiger partial charge is 0.311 e. The number of aryl methyl sites for hydroxylation is 1. The molecule has 0 fully saturated rings. The summed E-state index contributed by atoms with van der Waals surface area (Å²) in [6.45, 7) is 0. The molecule has 1 atom stereocenters. The molecule has 0 amide bonds. The van der Waals surface area contributed by atoms with Crippen molar-refractivity contribution in [3.63, 3.8) is 0 Å². The summed E-state index contributed by atoms with van der Waals surface area (Å²) in [5, 5.41) is 7.74. The van der Waals surface area contributed by atoms with E-state index in [0.29, 0.717) is 12.0 Å². The summed E-state index contributed by atoms with van der Waals surface area (Å²) in [4.78, 5) is 0. The van der Waals surface area contributed by atoms with Gasteiger partial charge in [-0.3, -0.25) is 4.68 Å². The van der Waals surface area contributed by atoms with Gasteiger partial charge in [-0.1, -0.05) is 24.3 Å². The van der Waals surface area contributed by atoms with Crippen molar-refractivity contribution < 1.29 is 0 Å². The lowest BCUT2D eigenvalue weighted by Gasteiger charge is -2.23. The molecule has 0 saturated carbocycles. The quantitative estimate of drug-likeness (QED) is 0.892. The van der Waals surface area contributed by atoms with Crippen molar-refractivity contribution in [3.05, 3.63) is 53.3 Å². The summed E-state index contributed by atoms with van der Waals surface area (Å²) in [6, 6.07) is 11.3. The van der Waals surface area contributed by atoms with Crippen LogP contribution in [0, 0.1) is 5.92 Å². The minimum absolute atomic E-state index is 0.380. The number of aromatic nitrogens is 2. The fourth-order valence-electron chi connectivity index (χ4n) is 3.14. The van der Waals surface area contributed by atoms with E-state index >= 15 is 0 Å². The maximum atomic E-state index is 4.28. The van der Waals surface area contributed by atoms with Gasteiger partial charge in [0.05, 0.1) is 11.7 Å². The molecule has 1 aliphatic carbocycles. The molecule has 1 aromatic heterocycles. The molecule has 2 aromatic rings. The third-order valence-electron chi connectivity index (χ3n) is 4.04. The fraction of sp³-hybridized carbons (Fsp3) is 0.400. The summed E-state index contributed by atoms with van der Waals surface area (Å²) in [6.07, 6.45) is 4.20. The Labute approximate surface area is 108 Å². The van der Waals surface area contributed by atoms with E-state index in [1.54, 1.807) is 0 Å². The van der Waals surface area contributed by atoms with Crippen LogP contribution in [0.25, 0.3) is 0 Å². The SMILES string of the molecule is CNC(c1ccnn1C)C1Cc2ccccc2C1. The molecule has 94 valence electrons. The Morgan fingerprint density at radius 1 is 1.22 bits per heavy atom. The van der Waals surface area contributed by atoms with Gasteiger partial charge in [0, 0.05) is 13.2 Å². The van der Waals surface area contributed by atoms with Crippen LogP contribution in [-0.2, 0) is 19.9 Å². The second kappa shape index (κ2) is 4.58. The number of nitrogens with zero attached hydrogens (tertiary/aromatic N) is 2. The van der Waals surface area contributed by atoms with Crippen molar-refractivity contribution in [1.29, 1.82) is 0 Å². The summed E-state index contributed by atoms with van der Waals surface area (Å²) in [5.74, 6) is 0.628. The number of fused-ring (bicyclic) bond motifs is 1. The van der Waals surface area contributed by atoms with E-state index in [2.05, 4.69) is 40.7 Å². The molecule has 0 radical (unpaired) electrons. The van der Waals surface area contributed by atoms with Gasteiger partial charge in [-0.15, -0.1) is 0 Å². The van der Waals surface area contributed by atoms with Crippen LogP contribution in [0.4, 0.5) is 0 Å². The van der Waals surface area contributed by atoms with Gasteiger partial charge in [0.15, 0.2) is 0 Å². The van der Waals surface area contributed by atoms with E-state index in [1.807, 2.05) is 25.0 Å². The molecule has 3 rings (SSSR count). The minimum Gasteiger partial charge on any atom is -0.311 e. The molecule has 0 aliphatic heterocycles. The van der Waals surface area contributed by atoms with Crippen molar-refractivity contribution in [3.8, 4) is 0 Å². The van der Waals surface area contributed by atoms with Gasteiger partial charge >= 0.3 is 0 Å². The predicted molar refractivity (Wildman–Crippen MR) is 72.3 cm³/mol. The molecular formula is C15H19N3. The Balaban J connectivity index is 1.86. The number of nitrogens with one attached hydrogen (secondary N) is 1. The zero-order valence-electron chi connectivity index (χ0n) is 10.9. The number of benzene rings is 1. The molecule has 1 unspecified atom stereocenters. The Bertz CT molecular complexity index is 519. The molecule has 18 heavy (non-hydrogen) atoms. The van der Waals surface area contributed by atoms with Crippen LogP contribution in [0.15, 0.2) is 36.5 Å². The first-order valence-electron chi connectivity index (χ1n) is 6.51. The Hall–Kier alpha value is -1.61. The number of hydrogen-bond acceptors (Lipinski definition) is 2. The van der Waals surface area contributed by atoms with Crippen LogP contribution >= 0.6 is 0 Å². The van der Waals surface area contributed by atoms with E-state index in [0.717, 1.165) is 12.8 Å². The van der Waals surface area contributed by atoms with Gasteiger partial charge in [0.2, 0.25) is 0 Å². The van der Waals surface area contributed by atoms with Crippen molar-refractivity contribution in [2.75, 3.05) is 7.05 Å². The fourth-order valence-corrected chi connectivity index (χ4v) is 3.14. The Morgan fingerprint density at radius 2 is 1.89 bits per heavy atom. The maximum Gasteiger partial charge on any atom is 0.0553 e. The summed E-state index contributed by atoms with van der Waals surface area (Å²) in [5.41, 5.74) is 4.28. The van der Waals surface area contributed by atoms with Crippen LogP contribution in [-0.4, -0.2) is 16.8 Å². The molecule has 1 aliphatic rings. The first kappa shape index (κ1) is 11.5. The van der Waals surface area contributed by atoms with Crippen LogP contribution in [0.2, 0.25) is 0 Å². The van der Waals surface area contributed by atoms with Crippen molar-refractivity contribution >= 4 is 0 Å². The normalized spacial score (nSPS) is 16.8. The third-order valence-corrected chi connectivity index (χ3v) is 4.04. The van der Waals surface area contributed by atoms with Gasteiger partial charge in [-0.2, -0.15) is 5.10 Å². The highest BCUT2D eigenvalue weighted by Gasteiger charge is 2.29. The second-order valence-corrected chi connectivity index (χ2v) is 5.08. The van der Waals surface area contributed by atoms with E-state index in [-0.39, 0.29) is 0 Å². The van der Waals surface area contributed by atoms with E-state index in [9.17, 15) is 0 Å². The summed E-state index contributed by atoms with van der Waals surface area (Å²) < 4.78 is 1.98. The Morgan fingerprint density at radius 3 is 2.39 bits per heavy atom. The lowest BCUT2D eigenvalue weighted by molar-refractivity contribution is 0.377. The average Bonchev–Trinajstić information content (AvgIpc) is 2.97.